The third-order valence-electron chi connectivity index (χ3n) is 3.13. The molecule has 6 heteroatoms. The first-order valence-corrected chi connectivity index (χ1v) is 6.30. The third kappa shape index (κ3) is 2.46. The molecule has 3 aromatic rings. The van der Waals surface area contributed by atoms with Crippen LogP contribution >= 0.6 is 0 Å². The summed E-state index contributed by atoms with van der Waals surface area (Å²) in [6.07, 6.45) is 1.61. The Bertz CT molecular complexity index is 816. The molecule has 2 aromatic carbocycles. The molecule has 0 aliphatic heterocycles. The molecule has 1 heterocycles. The van der Waals surface area contributed by atoms with Crippen LogP contribution in [-0.4, -0.2) is 9.91 Å². The third-order valence-corrected chi connectivity index (χ3v) is 3.13. The summed E-state index contributed by atoms with van der Waals surface area (Å²) >= 11 is 0. The van der Waals surface area contributed by atoms with E-state index < -0.39 is 4.92 Å². The molecule has 0 radical (unpaired) electrons. The van der Waals surface area contributed by atoms with Gasteiger partial charge in [-0.05, 0) is 42.5 Å². The van der Waals surface area contributed by atoms with Crippen LogP contribution in [0.15, 0.2) is 54.7 Å². The topological polar surface area (TPSA) is 94.1 Å². The highest BCUT2D eigenvalue weighted by Gasteiger charge is 2.14. The Kier molecular flexibility index (Phi) is 3.12. The summed E-state index contributed by atoms with van der Waals surface area (Å²) < 4.78 is 0. The first-order valence-electron chi connectivity index (χ1n) is 6.30. The van der Waals surface area contributed by atoms with Crippen molar-refractivity contribution in [3.05, 3.63) is 64.8 Å². The lowest BCUT2D eigenvalue weighted by Crippen LogP contribution is -1.96. The second-order valence-corrected chi connectivity index (χ2v) is 4.54. The van der Waals surface area contributed by atoms with Gasteiger partial charge in [-0.2, -0.15) is 0 Å². The van der Waals surface area contributed by atoms with Crippen molar-refractivity contribution in [2.24, 2.45) is 0 Å². The van der Waals surface area contributed by atoms with E-state index in [-0.39, 0.29) is 5.69 Å². The summed E-state index contributed by atoms with van der Waals surface area (Å²) in [5.41, 5.74) is 8.47. The molecule has 1 aromatic heterocycles. The number of nitro groups is 1. The molecule has 0 amide bonds. The van der Waals surface area contributed by atoms with Gasteiger partial charge in [0, 0.05) is 23.6 Å². The average Bonchev–Trinajstić information content (AvgIpc) is 2.49. The summed E-state index contributed by atoms with van der Waals surface area (Å²) in [7, 11) is 0. The van der Waals surface area contributed by atoms with Gasteiger partial charge in [-0.1, -0.05) is 0 Å². The number of rotatable bonds is 3. The second kappa shape index (κ2) is 5.09. The molecule has 0 fully saturated rings. The Hall–Kier alpha value is -3.15. The Morgan fingerprint density at radius 3 is 2.57 bits per heavy atom. The van der Waals surface area contributed by atoms with E-state index in [1.807, 2.05) is 12.1 Å². The van der Waals surface area contributed by atoms with Crippen LogP contribution in [0.2, 0.25) is 0 Å². The number of hydrogen-bond acceptors (Lipinski definition) is 5. The van der Waals surface area contributed by atoms with E-state index in [1.54, 1.807) is 36.5 Å². The quantitative estimate of drug-likeness (QED) is 0.435. The van der Waals surface area contributed by atoms with Gasteiger partial charge in [-0.15, -0.1) is 0 Å². The minimum atomic E-state index is -0.406. The van der Waals surface area contributed by atoms with Gasteiger partial charge in [-0.3, -0.25) is 15.1 Å². The number of nitro benzene ring substituents is 1. The molecule has 0 atom stereocenters. The highest BCUT2D eigenvalue weighted by atomic mass is 16.6. The zero-order valence-electron chi connectivity index (χ0n) is 11.0. The highest BCUT2D eigenvalue weighted by Crippen LogP contribution is 2.31. The number of pyridine rings is 1. The van der Waals surface area contributed by atoms with E-state index >= 15 is 0 Å². The van der Waals surface area contributed by atoms with Gasteiger partial charge in [0.2, 0.25) is 0 Å². The number of hydrogen-bond donors (Lipinski definition) is 2. The standard InChI is InChI=1S/C15H12N4O2/c16-10-3-5-11(6-4-10)18-13-7-8-14(19(20)21)12-2-1-9-17-15(12)13/h1-9,18H,16H2. The zero-order chi connectivity index (χ0) is 14.8. The Morgan fingerprint density at radius 2 is 1.86 bits per heavy atom. The van der Waals surface area contributed by atoms with Gasteiger partial charge in [0.1, 0.15) is 5.52 Å². The first-order chi connectivity index (χ1) is 10.1. The van der Waals surface area contributed by atoms with Crippen molar-refractivity contribution in [3.8, 4) is 0 Å². The van der Waals surface area contributed by atoms with Crippen molar-refractivity contribution in [1.82, 2.24) is 4.98 Å². The summed E-state index contributed by atoms with van der Waals surface area (Å²) in [6, 6.07) is 13.7. The van der Waals surface area contributed by atoms with Gasteiger partial charge in [0.05, 0.1) is 16.0 Å². The predicted molar refractivity (Wildman–Crippen MR) is 82.5 cm³/mol. The SMILES string of the molecule is Nc1ccc(Nc2ccc([N+](=O)[O-])c3cccnc23)cc1. The maximum absolute atomic E-state index is 11.1. The van der Waals surface area contributed by atoms with Crippen LogP contribution in [0.5, 0.6) is 0 Å². The Labute approximate surface area is 120 Å². The number of nitrogens with two attached hydrogens (primary N) is 1. The van der Waals surface area contributed by atoms with Gasteiger partial charge in [0.15, 0.2) is 0 Å². The van der Waals surface area contributed by atoms with Crippen molar-refractivity contribution >= 4 is 33.7 Å². The molecule has 0 spiro atoms. The molecule has 3 rings (SSSR count). The van der Waals surface area contributed by atoms with Gasteiger partial charge in [-0.25, -0.2) is 0 Å². The maximum Gasteiger partial charge on any atom is 0.278 e. The molecule has 0 aliphatic carbocycles. The van der Waals surface area contributed by atoms with Gasteiger partial charge < -0.3 is 11.1 Å². The second-order valence-electron chi connectivity index (χ2n) is 4.54. The van der Waals surface area contributed by atoms with Crippen LogP contribution in [0.25, 0.3) is 10.9 Å². The van der Waals surface area contributed by atoms with Crippen LogP contribution in [0.3, 0.4) is 0 Å². The first kappa shape index (κ1) is 12.9. The fourth-order valence-electron chi connectivity index (χ4n) is 2.14. The minimum Gasteiger partial charge on any atom is -0.399 e. The number of non-ortho nitro benzene ring substituents is 1. The number of anilines is 3. The fourth-order valence-corrected chi connectivity index (χ4v) is 2.14. The number of nitrogens with zero attached hydrogens (tertiary/aromatic N) is 2. The molecular weight excluding hydrogens is 268 g/mol. The van der Waals surface area contributed by atoms with Crippen LogP contribution in [0.4, 0.5) is 22.7 Å². The Balaban J connectivity index is 2.09. The number of fused-ring (bicyclic) bond motifs is 1. The molecule has 3 N–H and O–H groups in total. The summed E-state index contributed by atoms with van der Waals surface area (Å²) in [5, 5.41) is 14.8. The fraction of sp³-hybridized carbons (Fsp3) is 0. The lowest BCUT2D eigenvalue weighted by atomic mass is 10.1. The van der Waals surface area contributed by atoms with Crippen LogP contribution in [-0.2, 0) is 0 Å². The van der Waals surface area contributed by atoms with Crippen LogP contribution < -0.4 is 11.1 Å². The van der Waals surface area contributed by atoms with Crippen LogP contribution in [0, 0.1) is 10.1 Å². The molecule has 21 heavy (non-hydrogen) atoms. The van der Waals surface area contributed by atoms with Gasteiger partial charge in [0.25, 0.3) is 5.69 Å². The van der Waals surface area contributed by atoms with E-state index in [2.05, 4.69) is 10.3 Å². The van der Waals surface area contributed by atoms with Crippen molar-refractivity contribution in [2.45, 2.75) is 0 Å². The van der Waals surface area contributed by atoms with Crippen molar-refractivity contribution in [2.75, 3.05) is 11.1 Å². The number of nitrogen functional groups attached to an aromatic ring is 1. The van der Waals surface area contributed by atoms with E-state index in [0.29, 0.717) is 22.3 Å². The monoisotopic (exact) mass is 280 g/mol. The molecule has 104 valence electrons. The predicted octanol–water partition coefficient (Wildman–Crippen LogP) is 3.47. The highest BCUT2D eigenvalue weighted by molar-refractivity contribution is 5.97. The lowest BCUT2D eigenvalue weighted by Gasteiger charge is -2.09. The van der Waals surface area contributed by atoms with Crippen LogP contribution in [0.1, 0.15) is 0 Å². The number of benzene rings is 2. The van der Waals surface area contributed by atoms with E-state index in [1.165, 1.54) is 6.07 Å². The lowest BCUT2D eigenvalue weighted by molar-refractivity contribution is -0.383. The molecule has 0 unspecified atom stereocenters. The smallest absolute Gasteiger partial charge is 0.278 e. The average molecular weight is 280 g/mol. The van der Waals surface area contributed by atoms with Gasteiger partial charge >= 0.3 is 0 Å². The maximum atomic E-state index is 11.1. The molecular formula is C15H12N4O2. The summed E-state index contributed by atoms with van der Waals surface area (Å²) in [4.78, 5) is 14.9. The number of aromatic nitrogens is 1. The van der Waals surface area contributed by atoms with E-state index in [0.717, 1.165) is 5.69 Å². The zero-order valence-corrected chi connectivity index (χ0v) is 11.0. The normalized spacial score (nSPS) is 10.5. The molecule has 6 nitrogen and oxygen atoms in total. The van der Waals surface area contributed by atoms with E-state index in [4.69, 9.17) is 5.73 Å². The summed E-state index contributed by atoms with van der Waals surface area (Å²) in [6.45, 7) is 0. The largest absolute Gasteiger partial charge is 0.399 e. The molecule has 0 saturated carbocycles. The van der Waals surface area contributed by atoms with Crippen molar-refractivity contribution < 1.29 is 4.92 Å². The molecule has 0 aliphatic rings. The van der Waals surface area contributed by atoms with E-state index in [9.17, 15) is 10.1 Å². The van der Waals surface area contributed by atoms with Crippen molar-refractivity contribution in [1.29, 1.82) is 0 Å². The number of nitrogens with one attached hydrogen (secondary N) is 1. The summed E-state index contributed by atoms with van der Waals surface area (Å²) in [5.74, 6) is 0. The van der Waals surface area contributed by atoms with Crippen molar-refractivity contribution in [3.63, 3.8) is 0 Å². The Morgan fingerprint density at radius 1 is 1.10 bits per heavy atom. The minimum absolute atomic E-state index is 0.0426. The molecule has 0 saturated heterocycles. The molecule has 0 bridgehead atoms.